The molecule has 1 aromatic rings. The maximum Gasteiger partial charge on any atom is 0.123 e. The van der Waals surface area contributed by atoms with Crippen molar-refractivity contribution >= 4 is 0 Å². The molecule has 3 rings (SSSR count). The number of para-hydroxylation sites is 1. The van der Waals surface area contributed by atoms with Crippen LogP contribution >= 0.6 is 0 Å². The quantitative estimate of drug-likeness (QED) is 0.924. The third-order valence-electron chi connectivity index (χ3n) is 5.12. The maximum absolute atomic E-state index is 6.33. The van der Waals surface area contributed by atoms with Crippen molar-refractivity contribution in [3.05, 3.63) is 29.8 Å². The largest absolute Gasteiger partial charge is 0.490 e. The van der Waals surface area contributed by atoms with Crippen molar-refractivity contribution in [3.8, 4) is 5.75 Å². The molecule has 1 saturated heterocycles. The second kappa shape index (κ2) is 6.80. The first-order chi connectivity index (χ1) is 10.3. The van der Waals surface area contributed by atoms with Crippen LogP contribution in [0.1, 0.15) is 50.5 Å². The van der Waals surface area contributed by atoms with E-state index in [-0.39, 0.29) is 5.41 Å². The van der Waals surface area contributed by atoms with E-state index >= 15 is 0 Å². The summed E-state index contributed by atoms with van der Waals surface area (Å²) in [6.07, 6.45) is 8.55. The predicted octanol–water partition coefficient (Wildman–Crippen LogP) is 3.41. The molecule has 2 fully saturated rings. The molecule has 3 nitrogen and oxygen atoms in total. The van der Waals surface area contributed by atoms with E-state index in [0.29, 0.717) is 6.10 Å². The van der Waals surface area contributed by atoms with Gasteiger partial charge in [-0.1, -0.05) is 37.5 Å². The van der Waals surface area contributed by atoms with E-state index in [1.54, 1.807) is 0 Å². The Morgan fingerprint density at radius 1 is 1.10 bits per heavy atom. The minimum Gasteiger partial charge on any atom is -0.490 e. The zero-order valence-corrected chi connectivity index (χ0v) is 12.9. The lowest BCUT2D eigenvalue weighted by molar-refractivity contribution is 0.0245. The molecule has 0 bridgehead atoms. The molecule has 1 aliphatic carbocycles. The van der Waals surface area contributed by atoms with Crippen LogP contribution in [-0.4, -0.2) is 25.9 Å². The number of hydrogen-bond donors (Lipinski definition) is 1. The van der Waals surface area contributed by atoms with Crippen LogP contribution in [0.15, 0.2) is 24.3 Å². The fourth-order valence-electron chi connectivity index (χ4n) is 3.79. The lowest BCUT2D eigenvalue weighted by atomic mass is 9.69. The zero-order chi connectivity index (χ0) is 14.5. The summed E-state index contributed by atoms with van der Waals surface area (Å²) in [5.74, 6) is 1.05. The zero-order valence-electron chi connectivity index (χ0n) is 12.9. The molecule has 3 heteroatoms. The van der Waals surface area contributed by atoms with Crippen LogP contribution in [0.2, 0.25) is 0 Å². The van der Waals surface area contributed by atoms with Crippen LogP contribution < -0.4 is 10.5 Å². The minimum atomic E-state index is 0.125. The standard InChI is InChI=1S/C18H27NO2/c19-14-18(10-4-1-5-11-18)16-6-2-3-7-17(16)21-15-8-12-20-13-9-15/h2-3,6-7,15H,1,4-5,8-14,19H2. The molecule has 0 aromatic heterocycles. The van der Waals surface area contributed by atoms with E-state index in [1.165, 1.54) is 37.7 Å². The molecule has 2 N–H and O–H groups in total. The highest BCUT2D eigenvalue weighted by Gasteiger charge is 2.35. The van der Waals surface area contributed by atoms with Gasteiger partial charge in [0.15, 0.2) is 0 Å². The predicted molar refractivity (Wildman–Crippen MR) is 84.7 cm³/mol. The first-order valence-corrected chi connectivity index (χ1v) is 8.38. The van der Waals surface area contributed by atoms with Crippen molar-refractivity contribution in [2.45, 2.75) is 56.5 Å². The average Bonchev–Trinajstić information content (AvgIpc) is 2.57. The van der Waals surface area contributed by atoms with Gasteiger partial charge < -0.3 is 15.2 Å². The van der Waals surface area contributed by atoms with Gasteiger partial charge in [0, 0.05) is 30.4 Å². The topological polar surface area (TPSA) is 44.5 Å². The first kappa shape index (κ1) is 14.9. The van der Waals surface area contributed by atoms with E-state index in [1.807, 2.05) is 0 Å². The Morgan fingerprint density at radius 2 is 1.81 bits per heavy atom. The highest BCUT2D eigenvalue weighted by molar-refractivity contribution is 5.40. The summed E-state index contributed by atoms with van der Waals surface area (Å²) < 4.78 is 11.8. The lowest BCUT2D eigenvalue weighted by Gasteiger charge is -2.38. The van der Waals surface area contributed by atoms with Gasteiger partial charge in [-0.2, -0.15) is 0 Å². The summed E-state index contributed by atoms with van der Waals surface area (Å²) in [5.41, 5.74) is 7.65. The van der Waals surface area contributed by atoms with Crippen molar-refractivity contribution in [3.63, 3.8) is 0 Å². The van der Waals surface area contributed by atoms with E-state index in [2.05, 4.69) is 24.3 Å². The van der Waals surface area contributed by atoms with Gasteiger partial charge in [0.2, 0.25) is 0 Å². The number of ether oxygens (including phenoxy) is 2. The Hall–Kier alpha value is -1.06. The van der Waals surface area contributed by atoms with E-state index in [0.717, 1.165) is 38.3 Å². The number of nitrogens with two attached hydrogens (primary N) is 1. The van der Waals surface area contributed by atoms with E-state index in [4.69, 9.17) is 15.2 Å². The molecule has 1 aliphatic heterocycles. The highest BCUT2D eigenvalue weighted by atomic mass is 16.5. The Labute approximate surface area is 127 Å². The first-order valence-electron chi connectivity index (χ1n) is 8.38. The molecule has 0 radical (unpaired) electrons. The van der Waals surface area contributed by atoms with Gasteiger partial charge in [-0.25, -0.2) is 0 Å². The molecule has 116 valence electrons. The van der Waals surface area contributed by atoms with Gasteiger partial charge in [0.05, 0.1) is 13.2 Å². The van der Waals surface area contributed by atoms with Crippen LogP contribution in [0.5, 0.6) is 5.75 Å². The van der Waals surface area contributed by atoms with Crippen LogP contribution in [0.4, 0.5) is 0 Å². The van der Waals surface area contributed by atoms with Gasteiger partial charge in [-0.05, 0) is 18.9 Å². The molecule has 1 heterocycles. The average molecular weight is 289 g/mol. The van der Waals surface area contributed by atoms with Gasteiger partial charge in [0.25, 0.3) is 0 Å². The van der Waals surface area contributed by atoms with Crippen molar-refractivity contribution in [1.82, 2.24) is 0 Å². The van der Waals surface area contributed by atoms with Crippen molar-refractivity contribution < 1.29 is 9.47 Å². The molecular formula is C18H27NO2. The van der Waals surface area contributed by atoms with Crippen LogP contribution in [-0.2, 0) is 10.2 Å². The molecule has 0 unspecified atom stereocenters. The number of rotatable bonds is 4. The van der Waals surface area contributed by atoms with E-state index in [9.17, 15) is 0 Å². The number of hydrogen-bond acceptors (Lipinski definition) is 3. The Morgan fingerprint density at radius 3 is 2.52 bits per heavy atom. The van der Waals surface area contributed by atoms with Crippen LogP contribution in [0, 0.1) is 0 Å². The van der Waals surface area contributed by atoms with Gasteiger partial charge >= 0.3 is 0 Å². The fraction of sp³-hybridized carbons (Fsp3) is 0.667. The molecule has 1 saturated carbocycles. The summed E-state index contributed by atoms with van der Waals surface area (Å²) in [7, 11) is 0. The van der Waals surface area contributed by atoms with E-state index < -0.39 is 0 Å². The Bertz CT molecular complexity index is 448. The summed E-state index contributed by atoms with van der Waals surface area (Å²) in [6.45, 7) is 2.35. The second-order valence-electron chi connectivity index (χ2n) is 6.47. The maximum atomic E-state index is 6.33. The third-order valence-corrected chi connectivity index (χ3v) is 5.12. The Kier molecular flexibility index (Phi) is 4.81. The van der Waals surface area contributed by atoms with Gasteiger partial charge in [0.1, 0.15) is 11.9 Å². The summed E-state index contributed by atoms with van der Waals surface area (Å²) in [5, 5.41) is 0. The molecule has 0 amide bonds. The Balaban J connectivity index is 1.83. The highest BCUT2D eigenvalue weighted by Crippen LogP contribution is 2.43. The third kappa shape index (κ3) is 3.24. The van der Waals surface area contributed by atoms with Crippen molar-refractivity contribution in [2.24, 2.45) is 5.73 Å². The molecular weight excluding hydrogens is 262 g/mol. The summed E-state index contributed by atoms with van der Waals surface area (Å²) >= 11 is 0. The second-order valence-corrected chi connectivity index (χ2v) is 6.47. The SMILES string of the molecule is NCC1(c2ccccc2OC2CCOCC2)CCCCC1. The number of benzene rings is 1. The van der Waals surface area contributed by atoms with Gasteiger partial charge in [-0.3, -0.25) is 0 Å². The smallest absolute Gasteiger partial charge is 0.123 e. The normalized spacial score (nSPS) is 22.9. The van der Waals surface area contributed by atoms with Crippen LogP contribution in [0.25, 0.3) is 0 Å². The van der Waals surface area contributed by atoms with Crippen molar-refractivity contribution in [1.29, 1.82) is 0 Å². The molecule has 2 aliphatic rings. The van der Waals surface area contributed by atoms with Crippen LogP contribution in [0.3, 0.4) is 0 Å². The van der Waals surface area contributed by atoms with Gasteiger partial charge in [-0.15, -0.1) is 0 Å². The molecule has 0 atom stereocenters. The molecule has 21 heavy (non-hydrogen) atoms. The monoisotopic (exact) mass is 289 g/mol. The summed E-state index contributed by atoms with van der Waals surface area (Å²) in [4.78, 5) is 0. The lowest BCUT2D eigenvalue weighted by Crippen LogP contribution is -2.38. The summed E-state index contributed by atoms with van der Waals surface area (Å²) in [6, 6.07) is 8.55. The molecule has 0 spiro atoms. The fourth-order valence-corrected chi connectivity index (χ4v) is 3.79. The molecule has 1 aromatic carbocycles. The minimum absolute atomic E-state index is 0.125. The van der Waals surface area contributed by atoms with Crippen molar-refractivity contribution in [2.75, 3.05) is 19.8 Å².